The van der Waals surface area contributed by atoms with E-state index >= 15 is 0 Å². The summed E-state index contributed by atoms with van der Waals surface area (Å²) in [5.74, 6) is -1.23. The molecule has 0 bridgehead atoms. The molecule has 132 valence electrons. The Balaban J connectivity index is 0.000000240. The number of rotatable bonds is 0. The molecule has 8 heteroatoms. The van der Waals surface area contributed by atoms with Gasteiger partial charge in [0.15, 0.2) is 0 Å². The Hall–Kier alpha value is -1.76. The van der Waals surface area contributed by atoms with E-state index in [9.17, 15) is 30.7 Å². The molecule has 0 spiro atoms. The Morgan fingerprint density at radius 2 is 1.12 bits per heavy atom. The average molecular weight is 373 g/mol. The van der Waals surface area contributed by atoms with Crippen molar-refractivity contribution in [2.24, 2.45) is 0 Å². The summed E-state index contributed by atoms with van der Waals surface area (Å²) in [6.45, 7) is 3.07. The third kappa shape index (κ3) is 5.70. The van der Waals surface area contributed by atoms with Gasteiger partial charge in [0, 0.05) is 0 Å². The molecule has 2 aromatic carbocycles. The first kappa shape index (κ1) is 20.3. The fourth-order valence-electron chi connectivity index (χ4n) is 1.71. The van der Waals surface area contributed by atoms with Gasteiger partial charge in [-0.05, 0) is 38.1 Å². The smallest absolute Gasteiger partial charge is 0.206 e. The zero-order chi connectivity index (χ0) is 18.7. The molecule has 0 nitrogen and oxygen atoms in total. The average Bonchev–Trinajstić information content (AvgIpc) is 2.42. The highest BCUT2D eigenvalue weighted by molar-refractivity contribution is 6.31. The summed E-state index contributed by atoms with van der Waals surface area (Å²) in [6, 6.07) is 6.72. The lowest BCUT2D eigenvalue weighted by molar-refractivity contribution is -0.140. The molecule has 0 aliphatic carbocycles. The molecule has 0 amide bonds. The summed E-state index contributed by atoms with van der Waals surface area (Å²) in [5.41, 5.74) is -1.04. The molecule has 0 saturated carbocycles. The molecule has 2 aromatic rings. The minimum Gasteiger partial charge on any atom is -0.206 e. The van der Waals surface area contributed by atoms with E-state index in [2.05, 4.69) is 0 Å². The molecule has 0 radical (unpaired) electrons. The van der Waals surface area contributed by atoms with E-state index in [1.807, 2.05) is 0 Å². The van der Waals surface area contributed by atoms with Gasteiger partial charge in [-0.3, -0.25) is 0 Å². The van der Waals surface area contributed by atoms with Gasteiger partial charge >= 0.3 is 12.4 Å². The fourth-order valence-corrected chi connectivity index (χ4v) is 1.94. The predicted octanol–water partition coefficient (Wildman–Crippen LogP) is 6.82. The number of hydrogen-bond acceptors (Lipinski definition) is 0. The van der Waals surface area contributed by atoms with Crippen LogP contribution in [0, 0.1) is 19.7 Å². The van der Waals surface area contributed by atoms with E-state index in [1.54, 1.807) is 6.92 Å². The van der Waals surface area contributed by atoms with Crippen LogP contribution >= 0.6 is 11.6 Å². The minimum atomic E-state index is -4.60. The number of aryl methyl sites for hydroxylation is 2. The van der Waals surface area contributed by atoms with Crippen molar-refractivity contribution >= 4 is 11.6 Å². The van der Waals surface area contributed by atoms with Crippen LogP contribution in [0.5, 0.6) is 0 Å². The quantitative estimate of drug-likeness (QED) is 0.445. The molecule has 0 aliphatic rings. The van der Waals surface area contributed by atoms with Crippen molar-refractivity contribution in [1.29, 1.82) is 0 Å². The van der Waals surface area contributed by atoms with Crippen molar-refractivity contribution in [3.8, 4) is 0 Å². The van der Waals surface area contributed by atoms with Crippen molar-refractivity contribution in [3.05, 3.63) is 69.5 Å². The zero-order valence-electron chi connectivity index (χ0n) is 12.5. The lowest BCUT2D eigenvalue weighted by Gasteiger charge is -2.08. The Morgan fingerprint density at radius 1 is 0.708 bits per heavy atom. The van der Waals surface area contributed by atoms with Crippen LogP contribution in [0.2, 0.25) is 5.02 Å². The second kappa shape index (κ2) is 7.42. The number of hydrogen-bond donors (Lipinski definition) is 0. The van der Waals surface area contributed by atoms with E-state index < -0.39 is 29.3 Å². The molecule has 0 heterocycles. The van der Waals surface area contributed by atoms with Gasteiger partial charge in [0.25, 0.3) is 0 Å². The molecule has 0 aliphatic heterocycles. The van der Waals surface area contributed by atoms with Crippen molar-refractivity contribution in [2.45, 2.75) is 26.2 Å². The summed E-state index contributed by atoms with van der Waals surface area (Å²) in [4.78, 5) is 0. The van der Waals surface area contributed by atoms with Crippen molar-refractivity contribution in [1.82, 2.24) is 0 Å². The molecule has 0 aromatic heterocycles. The highest BCUT2D eigenvalue weighted by Gasteiger charge is 2.34. The monoisotopic (exact) mass is 372 g/mol. The minimum absolute atomic E-state index is 0.256. The first-order valence-electron chi connectivity index (χ1n) is 6.49. The molecule has 24 heavy (non-hydrogen) atoms. The van der Waals surface area contributed by atoms with Crippen molar-refractivity contribution in [2.75, 3.05) is 0 Å². The lowest BCUT2D eigenvalue weighted by Crippen LogP contribution is -2.08. The van der Waals surface area contributed by atoms with Crippen LogP contribution in [-0.2, 0) is 12.4 Å². The van der Waals surface area contributed by atoms with Crippen LogP contribution in [0.15, 0.2) is 36.4 Å². The third-order valence-corrected chi connectivity index (χ3v) is 3.18. The largest absolute Gasteiger partial charge is 0.419 e. The summed E-state index contributed by atoms with van der Waals surface area (Å²) < 4.78 is 84.9. The molecule has 0 unspecified atom stereocenters. The van der Waals surface area contributed by atoms with Crippen LogP contribution in [0.3, 0.4) is 0 Å². The van der Waals surface area contributed by atoms with Crippen LogP contribution in [0.4, 0.5) is 30.7 Å². The first-order valence-corrected chi connectivity index (χ1v) is 6.87. The topological polar surface area (TPSA) is 0 Å². The fraction of sp³-hybridized carbons (Fsp3) is 0.250. The summed E-state index contributed by atoms with van der Waals surface area (Å²) in [5, 5.41) is -0.256. The second-order valence-corrected chi connectivity index (χ2v) is 5.37. The number of benzene rings is 2. The van der Waals surface area contributed by atoms with Crippen molar-refractivity contribution < 1.29 is 30.7 Å². The van der Waals surface area contributed by atoms with Gasteiger partial charge in [0.1, 0.15) is 5.82 Å². The highest BCUT2D eigenvalue weighted by atomic mass is 35.5. The maximum absolute atomic E-state index is 12.5. The molecule has 0 atom stereocenters. The maximum atomic E-state index is 12.5. The third-order valence-electron chi connectivity index (χ3n) is 2.85. The molecule has 0 saturated heterocycles. The molecule has 2 rings (SSSR count). The normalized spacial score (nSPS) is 11.8. The van der Waals surface area contributed by atoms with Crippen molar-refractivity contribution in [3.63, 3.8) is 0 Å². The van der Waals surface area contributed by atoms with Gasteiger partial charge in [-0.1, -0.05) is 34.9 Å². The van der Waals surface area contributed by atoms with E-state index in [0.29, 0.717) is 11.1 Å². The standard InChI is InChI=1S/C8H6ClF3.C8H6F4/c2*1-5-2-3-7(9)6(4-5)8(10,11)12/h2*2-4H,1H3. The van der Waals surface area contributed by atoms with Gasteiger partial charge in [0.2, 0.25) is 0 Å². The van der Waals surface area contributed by atoms with Crippen LogP contribution < -0.4 is 0 Å². The first-order chi connectivity index (χ1) is 10.8. The van der Waals surface area contributed by atoms with E-state index in [0.717, 1.165) is 18.2 Å². The van der Waals surface area contributed by atoms with E-state index in [-0.39, 0.29) is 5.02 Å². The van der Waals surface area contributed by atoms with Gasteiger partial charge in [0.05, 0.1) is 16.1 Å². The SMILES string of the molecule is Cc1ccc(Cl)c(C(F)(F)F)c1.Cc1ccc(F)c(C(F)(F)F)c1. The van der Waals surface area contributed by atoms with E-state index in [4.69, 9.17) is 11.6 Å². The van der Waals surface area contributed by atoms with Gasteiger partial charge < -0.3 is 0 Å². The Bertz CT molecular complexity index is 641. The van der Waals surface area contributed by atoms with Gasteiger partial charge in [-0.25, -0.2) is 4.39 Å². The van der Waals surface area contributed by atoms with Crippen LogP contribution in [-0.4, -0.2) is 0 Å². The molecular weight excluding hydrogens is 361 g/mol. The molecule has 0 N–H and O–H groups in total. The zero-order valence-corrected chi connectivity index (χ0v) is 13.2. The number of halogens is 8. The maximum Gasteiger partial charge on any atom is 0.419 e. The predicted molar refractivity (Wildman–Crippen MR) is 77.3 cm³/mol. The molecular formula is C16H12ClF7. The molecule has 0 fully saturated rings. The summed E-state index contributed by atoms with van der Waals surface area (Å²) >= 11 is 5.36. The Labute approximate surface area is 138 Å². The second-order valence-electron chi connectivity index (χ2n) is 4.96. The van der Waals surface area contributed by atoms with Crippen LogP contribution in [0.1, 0.15) is 22.3 Å². The Morgan fingerprint density at radius 3 is 1.50 bits per heavy atom. The van der Waals surface area contributed by atoms with Crippen LogP contribution in [0.25, 0.3) is 0 Å². The van der Waals surface area contributed by atoms with Gasteiger partial charge in [-0.2, -0.15) is 26.3 Å². The summed E-state index contributed by atoms with van der Waals surface area (Å²) in [7, 11) is 0. The van der Waals surface area contributed by atoms with Gasteiger partial charge in [-0.15, -0.1) is 0 Å². The number of alkyl halides is 6. The highest BCUT2D eigenvalue weighted by Crippen LogP contribution is 2.35. The Kier molecular flexibility index (Phi) is 6.27. The van der Waals surface area contributed by atoms with E-state index in [1.165, 1.54) is 25.1 Å². The summed E-state index contributed by atoms with van der Waals surface area (Å²) in [6.07, 6.45) is -8.96. The lowest BCUT2D eigenvalue weighted by atomic mass is 10.1.